The fourth-order valence-corrected chi connectivity index (χ4v) is 5.72. The van der Waals surface area contributed by atoms with Crippen LogP contribution in [-0.2, 0) is 6.18 Å². The van der Waals surface area contributed by atoms with Gasteiger partial charge in [0, 0.05) is 30.1 Å². The summed E-state index contributed by atoms with van der Waals surface area (Å²) in [6.45, 7) is 0.896. The zero-order chi connectivity index (χ0) is 25.9. The average Bonchev–Trinajstić information content (AvgIpc) is 3.46. The van der Waals surface area contributed by atoms with E-state index in [-0.39, 0.29) is 28.3 Å². The number of hydrogen-bond donors (Lipinski definition) is 1. The summed E-state index contributed by atoms with van der Waals surface area (Å²) in [6, 6.07) is 7.72. The molecule has 6 rings (SSSR count). The Bertz CT molecular complexity index is 1570. The van der Waals surface area contributed by atoms with Crippen LogP contribution in [0.25, 0.3) is 27.0 Å². The van der Waals surface area contributed by atoms with E-state index in [0.29, 0.717) is 40.7 Å². The number of nitrogens with zero attached hydrogens (tertiary/aromatic N) is 3. The quantitative estimate of drug-likeness (QED) is 0.281. The highest BCUT2D eigenvalue weighted by Gasteiger charge is 2.38. The smallest absolute Gasteiger partial charge is 0.417 e. The summed E-state index contributed by atoms with van der Waals surface area (Å²) < 4.78 is 61.8. The number of alkyl halides is 3. The number of thiazole rings is 1. The summed E-state index contributed by atoms with van der Waals surface area (Å²) in [4.78, 5) is 17.6. The van der Waals surface area contributed by atoms with Crippen LogP contribution in [-0.4, -0.2) is 34.3 Å². The van der Waals surface area contributed by atoms with E-state index in [4.69, 9.17) is 4.52 Å². The first-order valence-electron chi connectivity index (χ1n) is 11.6. The molecule has 2 aliphatic rings. The maximum absolute atomic E-state index is 14.4. The van der Waals surface area contributed by atoms with Gasteiger partial charge in [0.2, 0.25) is 0 Å². The zero-order valence-electron chi connectivity index (χ0n) is 19.2. The Morgan fingerprint density at radius 1 is 1.19 bits per heavy atom. The molecule has 0 radical (unpaired) electrons. The number of carbonyl (C=O) groups is 1. The lowest BCUT2D eigenvalue weighted by Gasteiger charge is -2.26. The Kier molecular flexibility index (Phi) is 5.55. The summed E-state index contributed by atoms with van der Waals surface area (Å²) in [5.41, 5.74) is 0.862. The lowest BCUT2D eigenvalue weighted by atomic mass is 9.91. The molecule has 190 valence electrons. The van der Waals surface area contributed by atoms with Gasteiger partial charge in [0.15, 0.2) is 10.9 Å². The SMILES string of the molecule is O=C(O)c1cc(F)c2nc(N3CC=C(c4c(-c5ccccc5C(F)(F)F)noc4C4CC4)CC3)sc2c1. The predicted octanol–water partition coefficient (Wildman–Crippen LogP) is 6.98. The van der Waals surface area contributed by atoms with Crippen molar-refractivity contribution in [3.8, 4) is 11.3 Å². The average molecular weight is 530 g/mol. The second-order valence-corrected chi connectivity index (χ2v) is 10.1. The van der Waals surface area contributed by atoms with Gasteiger partial charge >= 0.3 is 12.1 Å². The molecule has 1 saturated carbocycles. The monoisotopic (exact) mass is 529 g/mol. The first-order chi connectivity index (χ1) is 17.7. The van der Waals surface area contributed by atoms with E-state index in [0.717, 1.165) is 30.5 Å². The molecular formula is C26H19F4N3O3S. The number of carboxylic acid groups (broad SMARTS) is 1. The number of anilines is 1. The third-order valence-corrected chi connectivity index (χ3v) is 7.70. The molecule has 6 nitrogen and oxygen atoms in total. The van der Waals surface area contributed by atoms with Crippen molar-refractivity contribution < 1.29 is 32.0 Å². The normalized spacial score (nSPS) is 16.3. The van der Waals surface area contributed by atoms with E-state index in [9.17, 15) is 27.5 Å². The maximum Gasteiger partial charge on any atom is 0.417 e. The van der Waals surface area contributed by atoms with Crippen LogP contribution in [0.1, 0.15) is 52.4 Å². The molecule has 0 unspecified atom stereocenters. The molecule has 2 aromatic heterocycles. The zero-order valence-corrected chi connectivity index (χ0v) is 20.0. The number of hydrogen-bond acceptors (Lipinski definition) is 6. The van der Waals surface area contributed by atoms with Crippen LogP contribution in [0, 0.1) is 5.82 Å². The molecule has 0 saturated heterocycles. The minimum Gasteiger partial charge on any atom is -0.478 e. The fourth-order valence-electron chi connectivity index (χ4n) is 4.66. The van der Waals surface area contributed by atoms with Crippen molar-refractivity contribution in [3.63, 3.8) is 0 Å². The summed E-state index contributed by atoms with van der Waals surface area (Å²) >= 11 is 1.20. The van der Waals surface area contributed by atoms with Crippen LogP contribution >= 0.6 is 11.3 Å². The molecule has 1 aliphatic heterocycles. The second kappa shape index (κ2) is 8.69. The highest BCUT2D eigenvalue weighted by atomic mass is 32.1. The molecule has 3 heterocycles. The first-order valence-corrected chi connectivity index (χ1v) is 12.5. The Balaban J connectivity index is 1.35. The fraction of sp³-hybridized carbons (Fsp3) is 0.269. The van der Waals surface area contributed by atoms with Crippen LogP contribution in [0.3, 0.4) is 0 Å². The summed E-state index contributed by atoms with van der Waals surface area (Å²) in [5.74, 6) is -1.15. The van der Waals surface area contributed by atoms with E-state index in [2.05, 4.69) is 10.1 Å². The van der Waals surface area contributed by atoms with Gasteiger partial charge in [0.1, 0.15) is 17.0 Å². The minimum atomic E-state index is -4.53. The van der Waals surface area contributed by atoms with Crippen molar-refractivity contribution in [2.75, 3.05) is 18.0 Å². The third kappa shape index (κ3) is 4.26. The molecule has 37 heavy (non-hydrogen) atoms. The summed E-state index contributed by atoms with van der Waals surface area (Å²) in [5, 5.41) is 13.8. The molecule has 1 fully saturated rings. The van der Waals surface area contributed by atoms with Crippen molar-refractivity contribution in [3.05, 3.63) is 70.7 Å². The van der Waals surface area contributed by atoms with Gasteiger partial charge in [-0.1, -0.05) is 40.8 Å². The number of rotatable bonds is 5. The van der Waals surface area contributed by atoms with Crippen LogP contribution in [0.5, 0.6) is 0 Å². The molecule has 1 N–H and O–H groups in total. The van der Waals surface area contributed by atoms with Crippen molar-refractivity contribution in [2.45, 2.75) is 31.4 Å². The molecule has 1 aliphatic carbocycles. The number of halogens is 4. The van der Waals surface area contributed by atoms with Crippen molar-refractivity contribution in [2.24, 2.45) is 0 Å². The van der Waals surface area contributed by atoms with Crippen LogP contribution in [0.15, 0.2) is 47.0 Å². The first kappa shape index (κ1) is 23.7. The van der Waals surface area contributed by atoms with Gasteiger partial charge in [-0.25, -0.2) is 14.2 Å². The number of carboxylic acids is 1. The Morgan fingerprint density at radius 3 is 2.65 bits per heavy atom. The van der Waals surface area contributed by atoms with Gasteiger partial charge in [-0.05, 0) is 43.0 Å². The molecule has 0 atom stereocenters. The maximum atomic E-state index is 14.4. The summed E-state index contributed by atoms with van der Waals surface area (Å²) in [6.07, 6.45) is -0.310. The van der Waals surface area contributed by atoms with Gasteiger partial charge in [-0.15, -0.1) is 0 Å². The molecule has 4 aromatic rings. The second-order valence-electron chi connectivity index (χ2n) is 9.12. The number of aromatic carboxylic acids is 1. The number of fused-ring (bicyclic) bond motifs is 1. The number of benzene rings is 2. The van der Waals surface area contributed by atoms with E-state index >= 15 is 0 Å². The molecule has 2 aromatic carbocycles. The lowest BCUT2D eigenvalue weighted by Crippen LogP contribution is -2.28. The number of aromatic nitrogens is 2. The van der Waals surface area contributed by atoms with Gasteiger partial charge < -0.3 is 14.5 Å². The standard InChI is InChI=1S/C26H19F4N3O3S/c27-18-11-15(24(34)35)12-19-22(18)31-25(37-19)33-9-7-13(8-10-33)20-21(32-36-23(20)14-5-6-14)16-3-1-2-4-17(16)26(28,29)30/h1-4,7,11-12,14H,5-6,8-10H2,(H,34,35). The molecule has 0 amide bonds. The van der Waals surface area contributed by atoms with Crippen LogP contribution in [0.4, 0.5) is 22.7 Å². The van der Waals surface area contributed by atoms with Crippen molar-refractivity contribution in [1.29, 1.82) is 0 Å². The Labute approximate surface area is 211 Å². The molecular weight excluding hydrogens is 510 g/mol. The minimum absolute atomic E-state index is 0.0140. The highest BCUT2D eigenvalue weighted by molar-refractivity contribution is 7.22. The Morgan fingerprint density at radius 2 is 1.97 bits per heavy atom. The van der Waals surface area contributed by atoms with E-state index < -0.39 is 23.5 Å². The van der Waals surface area contributed by atoms with E-state index in [1.54, 1.807) is 6.07 Å². The lowest BCUT2D eigenvalue weighted by molar-refractivity contribution is -0.137. The van der Waals surface area contributed by atoms with Gasteiger partial charge in [0.25, 0.3) is 0 Å². The molecule has 11 heteroatoms. The van der Waals surface area contributed by atoms with Crippen molar-refractivity contribution in [1.82, 2.24) is 10.1 Å². The van der Waals surface area contributed by atoms with E-state index in [1.807, 2.05) is 11.0 Å². The van der Waals surface area contributed by atoms with Gasteiger partial charge in [-0.3, -0.25) is 0 Å². The summed E-state index contributed by atoms with van der Waals surface area (Å²) in [7, 11) is 0. The Hall–Kier alpha value is -3.73. The topological polar surface area (TPSA) is 79.5 Å². The van der Waals surface area contributed by atoms with Gasteiger partial charge in [0.05, 0.1) is 15.8 Å². The highest BCUT2D eigenvalue weighted by Crippen LogP contribution is 2.48. The molecule has 0 spiro atoms. The van der Waals surface area contributed by atoms with Crippen molar-refractivity contribution >= 4 is 38.2 Å². The predicted molar refractivity (Wildman–Crippen MR) is 130 cm³/mol. The molecule has 0 bridgehead atoms. The third-order valence-electron chi connectivity index (χ3n) is 6.64. The van der Waals surface area contributed by atoms with Gasteiger partial charge in [-0.2, -0.15) is 13.2 Å². The van der Waals surface area contributed by atoms with E-state index in [1.165, 1.54) is 29.5 Å². The van der Waals surface area contributed by atoms with Crippen LogP contribution in [0.2, 0.25) is 0 Å². The van der Waals surface area contributed by atoms with Crippen LogP contribution < -0.4 is 4.90 Å². The largest absolute Gasteiger partial charge is 0.478 e.